The Bertz CT molecular complexity index is 632. The van der Waals surface area contributed by atoms with E-state index in [0.29, 0.717) is 10.7 Å². The molecule has 9 heteroatoms. The van der Waals surface area contributed by atoms with Crippen LogP contribution in [0.2, 0.25) is 0 Å². The molecule has 0 radical (unpaired) electrons. The molecule has 0 aliphatic carbocycles. The molecular weight excluding hydrogens is 276 g/mol. The van der Waals surface area contributed by atoms with E-state index < -0.39 is 10.0 Å². The van der Waals surface area contributed by atoms with Crippen LogP contribution in [0.3, 0.4) is 0 Å². The molecule has 7 nitrogen and oxygen atoms in total. The lowest BCUT2D eigenvalue weighted by Crippen LogP contribution is -2.24. The Kier molecular flexibility index (Phi) is 3.76. The predicted molar refractivity (Wildman–Crippen MR) is 65.3 cm³/mol. The van der Waals surface area contributed by atoms with Crippen LogP contribution < -0.4 is 10.5 Å². The summed E-state index contributed by atoms with van der Waals surface area (Å²) in [6.07, 6.45) is 0. The van der Waals surface area contributed by atoms with E-state index >= 15 is 0 Å². The van der Waals surface area contributed by atoms with E-state index in [4.69, 9.17) is 10.3 Å². The molecule has 0 amide bonds. The van der Waals surface area contributed by atoms with Crippen molar-refractivity contribution in [2.75, 3.05) is 0 Å². The fourth-order valence-electron chi connectivity index (χ4n) is 1.36. The molecule has 2 rings (SSSR count). The average molecular weight is 288 g/mol. The van der Waals surface area contributed by atoms with Crippen LogP contribution in [0.5, 0.6) is 0 Å². The summed E-state index contributed by atoms with van der Waals surface area (Å²) in [5, 5.41) is 5.26. The highest BCUT2D eigenvalue weighted by Gasteiger charge is 2.19. The average Bonchev–Trinajstić information content (AvgIpc) is 2.95. The van der Waals surface area contributed by atoms with Crippen LogP contribution in [0, 0.1) is 6.92 Å². The Hall–Kier alpha value is -1.29. The van der Waals surface area contributed by atoms with E-state index in [1.54, 1.807) is 12.3 Å². The van der Waals surface area contributed by atoms with Crippen molar-refractivity contribution in [2.45, 2.75) is 24.9 Å². The quantitative estimate of drug-likeness (QED) is 0.822. The van der Waals surface area contributed by atoms with Crippen LogP contribution >= 0.6 is 11.3 Å². The lowest BCUT2D eigenvalue weighted by Gasteiger charge is -2.04. The number of nitrogens with zero attached hydrogens (tertiary/aromatic N) is 2. The van der Waals surface area contributed by atoms with Gasteiger partial charge in [-0.15, -0.1) is 11.3 Å². The minimum Gasteiger partial charge on any atom is -0.338 e. The van der Waals surface area contributed by atoms with Gasteiger partial charge < -0.3 is 10.3 Å². The van der Waals surface area contributed by atoms with Gasteiger partial charge in [0.1, 0.15) is 0 Å². The third-order valence-corrected chi connectivity index (χ3v) is 4.72. The first-order chi connectivity index (χ1) is 8.53. The molecule has 0 aliphatic rings. The molecule has 0 atom stereocenters. The minimum absolute atomic E-state index is 0.0387. The molecule has 0 unspecified atom stereocenters. The normalized spacial score (nSPS) is 11.9. The largest absolute Gasteiger partial charge is 0.338 e. The van der Waals surface area contributed by atoms with Gasteiger partial charge in [0.05, 0.1) is 11.4 Å². The Morgan fingerprint density at radius 2 is 2.33 bits per heavy atom. The zero-order valence-electron chi connectivity index (χ0n) is 9.58. The number of nitrogens with two attached hydrogens (primary N) is 1. The first-order valence-corrected chi connectivity index (χ1v) is 7.44. The summed E-state index contributed by atoms with van der Waals surface area (Å²) >= 11 is 1.31. The van der Waals surface area contributed by atoms with Crippen molar-refractivity contribution in [3.8, 4) is 0 Å². The molecule has 0 saturated carbocycles. The first kappa shape index (κ1) is 13.1. The fraction of sp³-hybridized carbons (Fsp3) is 0.333. The van der Waals surface area contributed by atoms with E-state index in [1.165, 1.54) is 17.4 Å². The summed E-state index contributed by atoms with van der Waals surface area (Å²) in [7, 11) is -3.60. The Balaban J connectivity index is 2.13. The van der Waals surface area contributed by atoms with E-state index in [9.17, 15) is 8.42 Å². The van der Waals surface area contributed by atoms with Crippen molar-refractivity contribution in [1.82, 2.24) is 14.9 Å². The summed E-state index contributed by atoms with van der Waals surface area (Å²) in [5.41, 5.74) is 5.48. The Morgan fingerprint density at radius 3 is 2.94 bits per heavy atom. The van der Waals surface area contributed by atoms with Crippen molar-refractivity contribution < 1.29 is 12.9 Å². The first-order valence-electron chi connectivity index (χ1n) is 5.08. The SMILES string of the molecule is Cc1noc(CNS(=O)(=O)c2ccsc2CN)n1. The van der Waals surface area contributed by atoms with Crippen LogP contribution in [0.15, 0.2) is 20.9 Å². The number of aromatic nitrogens is 2. The third kappa shape index (κ3) is 2.75. The third-order valence-electron chi connectivity index (χ3n) is 2.16. The maximum atomic E-state index is 12.0. The summed E-state index contributed by atoms with van der Waals surface area (Å²) in [6.45, 7) is 1.81. The second kappa shape index (κ2) is 5.14. The second-order valence-corrected chi connectivity index (χ2v) is 6.21. The van der Waals surface area contributed by atoms with Crippen molar-refractivity contribution in [3.05, 3.63) is 28.0 Å². The number of sulfonamides is 1. The van der Waals surface area contributed by atoms with Crippen molar-refractivity contribution in [3.63, 3.8) is 0 Å². The smallest absolute Gasteiger partial charge is 0.242 e. The molecule has 3 N–H and O–H groups in total. The molecule has 18 heavy (non-hydrogen) atoms. The maximum Gasteiger partial charge on any atom is 0.242 e. The molecule has 0 bridgehead atoms. The Labute approximate surface area is 108 Å². The van der Waals surface area contributed by atoms with Gasteiger partial charge in [-0.05, 0) is 18.4 Å². The zero-order chi connectivity index (χ0) is 13.2. The van der Waals surface area contributed by atoms with Gasteiger partial charge >= 0.3 is 0 Å². The van der Waals surface area contributed by atoms with Gasteiger partial charge in [-0.1, -0.05) is 5.16 Å². The van der Waals surface area contributed by atoms with Crippen molar-refractivity contribution in [1.29, 1.82) is 0 Å². The van der Waals surface area contributed by atoms with Gasteiger partial charge in [0.25, 0.3) is 0 Å². The van der Waals surface area contributed by atoms with Gasteiger partial charge in [-0.2, -0.15) is 4.98 Å². The molecule has 0 spiro atoms. The van der Waals surface area contributed by atoms with Crippen LogP contribution in [0.25, 0.3) is 0 Å². The lowest BCUT2D eigenvalue weighted by molar-refractivity contribution is 0.372. The van der Waals surface area contributed by atoms with Crippen molar-refractivity contribution in [2.24, 2.45) is 5.73 Å². The van der Waals surface area contributed by atoms with E-state index in [0.717, 1.165) is 0 Å². The summed E-state index contributed by atoms with van der Waals surface area (Å²) in [4.78, 5) is 4.73. The highest BCUT2D eigenvalue weighted by Crippen LogP contribution is 2.21. The van der Waals surface area contributed by atoms with Gasteiger partial charge in [0, 0.05) is 11.4 Å². The molecule has 0 aromatic carbocycles. The Morgan fingerprint density at radius 1 is 1.56 bits per heavy atom. The standard InChI is InChI=1S/C9H12N4O3S2/c1-6-12-9(16-13-6)5-11-18(14,15)8-2-3-17-7(8)4-10/h2-3,11H,4-5,10H2,1H3. The molecule has 0 aliphatic heterocycles. The number of aryl methyl sites for hydroxylation is 1. The molecule has 2 aromatic heterocycles. The van der Waals surface area contributed by atoms with Crippen LogP contribution in [-0.2, 0) is 23.1 Å². The highest BCUT2D eigenvalue weighted by molar-refractivity contribution is 7.89. The topological polar surface area (TPSA) is 111 Å². The molecular formula is C9H12N4O3S2. The zero-order valence-corrected chi connectivity index (χ0v) is 11.2. The van der Waals surface area contributed by atoms with Crippen LogP contribution in [0.1, 0.15) is 16.6 Å². The van der Waals surface area contributed by atoms with E-state index in [-0.39, 0.29) is 23.9 Å². The number of thiophene rings is 1. The molecule has 98 valence electrons. The van der Waals surface area contributed by atoms with Crippen LogP contribution in [0.4, 0.5) is 0 Å². The van der Waals surface area contributed by atoms with Gasteiger partial charge in [-0.25, -0.2) is 13.1 Å². The molecule has 2 aromatic rings. The minimum atomic E-state index is -3.60. The summed E-state index contributed by atoms with van der Waals surface area (Å²) in [6, 6.07) is 1.52. The lowest BCUT2D eigenvalue weighted by atomic mass is 10.5. The number of hydrogen-bond acceptors (Lipinski definition) is 7. The van der Waals surface area contributed by atoms with E-state index in [2.05, 4.69) is 14.9 Å². The number of rotatable bonds is 5. The monoisotopic (exact) mass is 288 g/mol. The predicted octanol–water partition coefficient (Wildman–Crippen LogP) is 0.377. The van der Waals surface area contributed by atoms with Crippen LogP contribution in [-0.4, -0.2) is 18.6 Å². The van der Waals surface area contributed by atoms with Gasteiger partial charge in [-0.3, -0.25) is 0 Å². The highest BCUT2D eigenvalue weighted by atomic mass is 32.2. The summed E-state index contributed by atoms with van der Waals surface area (Å²) < 4.78 is 31.2. The van der Waals surface area contributed by atoms with Gasteiger partial charge in [0.2, 0.25) is 15.9 Å². The maximum absolute atomic E-state index is 12.0. The van der Waals surface area contributed by atoms with E-state index in [1.807, 2.05) is 0 Å². The number of nitrogens with one attached hydrogen (secondary N) is 1. The van der Waals surface area contributed by atoms with Gasteiger partial charge in [0.15, 0.2) is 5.82 Å². The molecule has 2 heterocycles. The molecule has 0 saturated heterocycles. The molecule has 0 fully saturated rings. The summed E-state index contributed by atoms with van der Waals surface area (Å²) in [5.74, 6) is 0.683. The fourth-order valence-corrected chi connectivity index (χ4v) is 3.67. The number of hydrogen-bond donors (Lipinski definition) is 2. The van der Waals surface area contributed by atoms with Crippen molar-refractivity contribution >= 4 is 21.4 Å². The second-order valence-electron chi connectivity index (χ2n) is 3.47.